The van der Waals surface area contributed by atoms with Crippen LogP contribution in [0.25, 0.3) is 11.0 Å². The molecule has 0 unspecified atom stereocenters. The number of amides is 2. The third-order valence-corrected chi connectivity index (χ3v) is 6.12. The number of guanidine groups is 1. The summed E-state index contributed by atoms with van der Waals surface area (Å²) in [6.07, 6.45) is 5.81. The number of nitrogens with one attached hydrogen (secondary N) is 4. The summed E-state index contributed by atoms with van der Waals surface area (Å²) < 4.78 is 16.6. The van der Waals surface area contributed by atoms with Crippen LogP contribution in [0.2, 0.25) is 0 Å². The SMILES string of the molecule is CC(C)(C)OC(=O)NC(=N)c1ccc2oc(CCCN=C(NCCCCCCCBr)NC(=O)OC(C)(C)C)cc2c1. The van der Waals surface area contributed by atoms with Gasteiger partial charge in [-0.05, 0) is 85.1 Å². The smallest absolute Gasteiger partial charge is 0.414 e. The quantitative estimate of drug-likeness (QED) is 0.0854. The minimum atomic E-state index is -0.670. The van der Waals surface area contributed by atoms with Crippen molar-refractivity contribution in [2.24, 2.45) is 4.99 Å². The maximum absolute atomic E-state index is 12.3. The summed E-state index contributed by atoms with van der Waals surface area (Å²) in [7, 11) is 0. The number of hydrogen-bond donors (Lipinski definition) is 4. The van der Waals surface area contributed by atoms with Gasteiger partial charge in [0.15, 0.2) is 0 Å². The zero-order valence-corrected chi connectivity index (χ0v) is 26.8. The highest BCUT2D eigenvalue weighted by Gasteiger charge is 2.19. The van der Waals surface area contributed by atoms with E-state index in [2.05, 4.69) is 36.9 Å². The Morgan fingerprint density at radius 2 is 1.54 bits per heavy atom. The van der Waals surface area contributed by atoms with Gasteiger partial charge in [-0.1, -0.05) is 35.2 Å². The Kier molecular flexibility index (Phi) is 13.6. The number of rotatable bonds is 12. The molecule has 2 rings (SSSR count). The third-order valence-electron chi connectivity index (χ3n) is 5.56. The summed E-state index contributed by atoms with van der Waals surface area (Å²) in [5.41, 5.74) is -0.00180. The molecular formula is C30H46BrN5O5. The average Bonchev–Trinajstić information content (AvgIpc) is 3.25. The Morgan fingerprint density at radius 3 is 2.20 bits per heavy atom. The molecule has 41 heavy (non-hydrogen) atoms. The van der Waals surface area contributed by atoms with Gasteiger partial charge in [0.25, 0.3) is 0 Å². The van der Waals surface area contributed by atoms with Gasteiger partial charge >= 0.3 is 12.2 Å². The molecule has 1 aromatic heterocycles. The van der Waals surface area contributed by atoms with Gasteiger partial charge in [-0.25, -0.2) is 9.59 Å². The number of furan rings is 1. The number of alkyl carbamates (subject to hydrolysis) is 2. The van der Waals surface area contributed by atoms with Crippen LogP contribution in [0.3, 0.4) is 0 Å². The summed E-state index contributed by atoms with van der Waals surface area (Å²) >= 11 is 3.46. The van der Waals surface area contributed by atoms with Gasteiger partial charge < -0.3 is 19.2 Å². The summed E-state index contributed by atoms with van der Waals surface area (Å²) in [6.45, 7) is 12.0. The number of halogens is 1. The highest BCUT2D eigenvalue weighted by molar-refractivity contribution is 9.09. The van der Waals surface area contributed by atoms with Crippen LogP contribution in [0.4, 0.5) is 9.59 Å². The molecule has 0 fully saturated rings. The summed E-state index contributed by atoms with van der Waals surface area (Å²) in [4.78, 5) is 28.9. The topological polar surface area (TPSA) is 138 Å². The number of aliphatic imine (C=N–C) groups is 1. The fraction of sp³-hybridized carbons (Fsp3) is 0.600. The van der Waals surface area contributed by atoms with E-state index in [0.29, 0.717) is 43.0 Å². The van der Waals surface area contributed by atoms with Crippen LogP contribution in [-0.2, 0) is 15.9 Å². The standard InChI is InChI=1S/C30H46BrN5O5/c1-29(2,3)40-27(37)35-25(32)21-14-15-24-22(19-21)20-23(39-24)13-12-18-34-26(36-28(38)41-30(4,5)6)33-17-11-9-7-8-10-16-31/h14-15,19-20H,7-13,16-18H2,1-6H3,(H2,32,35,37)(H2,33,34,36,38). The van der Waals surface area contributed by atoms with E-state index in [-0.39, 0.29) is 5.84 Å². The van der Waals surface area contributed by atoms with E-state index < -0.39 is 23.4 Å². The predicted octanol–water partition coefficient (Wildman–Crippen LogP) is 7.03. The zero-order valence-electron chi connectivity index (χ0n) is 25.2. The molecule has 11 heteroatoms. The number of amidine groups is 1. The molecule has 0 spiro atoms. The molecule has 1 aromatic carbocycles. The molecule has 10 nitrogen and oxygen atoms in total. The monoisotopic (exact) mass is 635 g/mol. The second kappa shape index (κ2) is 16.4. The minimum Gasteiger partial charge on any atom is -0.461 e. The molecule has 0 aliphatic carbocycles. The van der Waals surface area contributed by atoms with Crippen molar-refractivity contribution in [2.45, 2.75) is 97.7 Å². The first-order valence-corrected chi connectivity index (χ1v) is 15.3. The number of hydrogen-bond acceptors (Lipinski definition) is 7. The van der Waals surface area contributed by atoms with E-state index >= 15 is 0 Å². The lowest BCUT2D eigenvalue weighted by atomic mass is 10.1. The first-order chi connectivity index (χ1) is 19.3. The van der Waals surface area contributed by atoms with Crippen LogP contribution in [-0.4, -0.2) is 53.6 Å². The van der Waals surface area contributed by atoms with Gasteiger partial charge in [0.1, 0.15) is 28.4 Å². The Labute approximate surface area is 252 Å². The molecule has 0 radical (unpaired) electrons. The van der Waals surface area contributed by atoms with Crippen molar-refractivity contribution in [3.63, 3.8) is 0 Å². The van der Waals surface area contributed by atoms with Crippen LogP contribution >= 0.6 is 15.9 Å². The lowest BCUT2D eigenvalue weighted by Crippen LogP contribution is -2.44. The van der Waals surface area contributed by atoms with Crippen molar-refractivity contribution in [3.8, 4) is 0 Å². The number of ether oxygens (including phenoxy) is 2. The van der Waals surface area contributed by atoms with Crippen molar-refractivity contribution in [1.82, 2.24) is 16.0 Å². The molecule has 0 atom stereocenters. The Morgan fingerprint density at radius 1 is 0.902 bits per heavy atom. The number of alkyl halides is 1. The summed E-state index contributed by atoms with van der Waals surface area (Å²) in [5, 5.41) is 18.5. The lowest BCUT2D eigenvalue weighted by molar-refractivity contribution is 0.0550. The van der Waals surface area contributed by atoms with Gasteiger partial charge in [-0.3, -0.25) is 21.0 Å². The van der Waals surface area contributed by atoms with E-state index in [1.807, 2.05) is 26.8 Å². The number of carbonyl (C=O) groups is 2. The Balaban J connectivity index is 1.93. The molecule has 1 heterocycles. The molecule has 2 amide bonds. The maximum Gasteiger partial charge on any atom is 0.414 e. The number of nitrogens with zero attached hydrogens (tertiary/aromatic N) is 1. The van der Waals surface area contributed by atoms with Crippen molar-refractivity contribution >= 4 is 50.9 Å². The van der Waals surface area contributed by atoms with Gasteiger partial charge in [0.05, 0.1) is 0 Å². The molecule has 0 saturated carbocycles. The third kappa shape index (κ3) is 14.4. The summed E-state index contributed by atoms with van der Waals surface area (Å²) in [6, 6.07) is 7.23. The largest absolute Gasteiger partial charge is 0.461 e. The second-order valence-electron chi connectivity index (χ2n) is 11.8. The Bertz CT molecular complexity index is 1180. The summed E-state index contributed by atoms with van der Waals surface area (Å²) in [5.74, 6) is 1.15. The number of unbranched alkanes of at least 4 members (excludes halogenated alkanes) is 4. The van der Waals surface area contributed by atoms with Crippen molar-refractivity contribution < 1.29 is 23.5 Å². The first-order valence-electron chi connectivity index (χ1n) is 14.2. The Hall–Kier alpha value is -3.08. The van der Waals surface area contributed by atoms with E-state index in [1.54, 1.807) is 39.0 Å². The number of benzene rings is 1. The second-order valence-corrected chi connectivity index (χ2v) is 12.6. The molecule has 0 aliphatic rings. The van der Waals surface area contributed by atoms with E-state index in [1.165, 1.54) is 19.3 Å². The first kappa shape index (κ1) is 34.1. The lowest BCUT2D eigenvalue weighted by Gasteiger charge is -2.20. The van der Waals surface area contributed by atoms with Gasteiger partial charge in [0, 0.05) is 35.8 Å². The van der Waals surface area contributed by atoms with Crippen LogP contribution in [0.15, 0.2) is 33.7 Å². The highest BCUT2D eigenvalue weighted by Crippen LogP contribution is 2.22. The van der Waals surface area contributed by atoms with E-state index in [9.17, 15) is 9.59 Å². The molecule has 0 bridgehead atoms. The van der Waals surface area contributed by atoms with Crippen molar-refractivity contribution in [2.75, 3.05) is 18.4 Å². The van der Waals surface area contributed by atoms with Gasteiger partial charge in [-0.2, -0.15) is 0 Å². The highest BCUT2D eigenvalue weighted by atomic mass is 79.9. The number of carbonyl (C=O) groups excluding carboxylic acids is 2. The predicted molar refractivity (Wildman–Crippen MR) is 167 cm³/mol. The number of fused-ring (bicyclic) bond motifs is 1. The van der Waals surface area contributed by atoms with Crippen LogP contribution in [0.1, 0.15) is 91.4 Å². The van der Waals surface area contributed by atoms with Crippen molar-refractivity contribution in [1.29, 1.82) is 5.41 Å². The molecule has 2 aromatic rings. The van der Waals surface area contributed by atoms with Crippen LogP contribution < -0.4 is 16.0 Å². The van der Waals surface area contributed by atoms with Gasteiger partial charge in [0.2, 0.25) is 5.96 Å². The van der Waals surface area contributed by atoms with E-state index in [0.717, 1.165) is 29.3 Å². The van der Waals surface area contributed by atoms with Gasteiger partial charge in [-0.15, -0.1) is 0 Å². The normalized spacial score (nSPS) is 12.2. The maximum atomic E-state index is 12.3. The molecule has 0 saturated heterocycles. The van der Waals surface area contributed by atoms with Crippen LogP contribution in [0, 0.1) is 5.41 Å². The van der Waals surface area contributed by atoms with Crippen molar-refractivity contribution in [3.05, 3.63) is 35.6 Å². The molecule has 228 valence electrons. The van der Waals surface area contributed by atoms with E-state index in [4.69, 9.17) is 19.3 Å². The number of aryl methyl sites for hydroxylation is 1. The fourth-order valence-corrected chi connectivity index (χ4v) is 4.19. The van der Waals surface area contributed by atoms with Crippen LogP contribution in [0.5, 0.6) is 0 Å². The fourth-order valence-electron chi connectivity index (χ4n) is 3.80. The molecule has 4 N–H and O–H groups in total. The average molecular weight is 637 g/mol. The zero-order chi connectivity index (χ0) is 30.5. The molecule has 0 aliphatic heterocycles. The minimum absolute atomic E-state index is 0.0466. The molecular weight excluding hydrogens is 590 g/mol.